The van der Waals surface area contributed by atoms with E-state index in [1.807, 2.05) is 18.2 Å². The van der Waals surface area contributed by atoms with Crippen molar-refractivity contribution in [3.63, 3.8) is 0 Å². The minimum absolute atomic E-state index is 0.271. The van der Waals surface area contributed by atoms with Crippen molar-refractivity contribution in [2.45, 2.75) is 40.3 Å². The van der Waals surface area contributed by atoms with Crippen LogP contribution < -0.4 is 5.73 Å². The van der Waals surface area contributed by atoms with Crippen molar-refractivity contribution < 1.29 is 0 Å². The summed E-state index contributed by atoms with van der Waals surface area (Å²) in [6, 6.07) is 6.35. The van der Waals surface area contributed by atoms with E-state index in [9.17, 15) is 0 Å². The van der Waals surface area contributed by atoms with E-state index in [-0.39, 0.29) is 5.41 Å². The highest BCUT2D eigenvalue weighted by molar-refractivity contribution is 6.33. The second kappa shape index (κ2) is 5.28. The highest BCUT2D eigenvalue weighted by atomic mass is 35.5. The van der Waals surface area contributed by atoms with Gasteiger partial charge in [0.25, 0.3) is 0 Å². The van der Waals surface area contributed by atoms with Gasteiger partial charge in [0, 0.05) is 12.6 Å². The zero-order valence-corrected chi connectivity index (χ0v) is 12.2. The van der Waals surface area contributed by atoms with Crippen molar-refractivity contribution in [3.05, 3.63) is 28.8 Å². The summed E-state index contributed by atoms with van der Waals surface area (Å²) in [4.78, 5) is 2.34. The molecule has 0 aliphatic carbocycles. The monoisotopic (exact) mass is 254 g/mol. The fourth-order valence-electron chi connectivity index (χ4n) is 1.78. The van der Waals surface area contributed by atoms with Crippen LogP contribution >= 0.6 is 11.6 Å². The largest absolute Gasteiger partial charge is 0.398 e. The fraction of sp³-hybridized carbons (Fsp3) is 0.571. The van der Waals surface area contributed by atoms with E-state index in [4.69, 9.17) is 17.3 Å². The first kappa shape index (κ1) is 14.3. The van der Waals surface area contributed by atoms with Crippen LogP contribution in [0.25, 0.3) is 0 Å². The molecule has 96 valence electrons. The molecule has 1 unspecified atom stereocenters. The second-order valence-electron chi connectivity index (χ2n) is 5.81. The molecular formula is C14H23ClN2. The minimum Gasteiger partial charge on any atom is -0.398 e. The van der Waals surface area contributed by atoms with Gasteiger partial charge in [-0.3, -0.25) is 4.90 Å². The number of nitrogen functional groups attached to an aromatic ring is 1. The van der Waals surface area contributed by atoms with Crippen LogP contribution in [0, 0.1) is 5.41 Å². The SMILES string of the molecule is CC(N(C)Cc1ccc(Cl)c(N)c1)C(C)(C)C. The number of nitrogens with zero attached hydrogens (tertiary/aromatic N) is 1. The van der Waals surface area contributed by atoms with E-state index in [0.29, 0.717) is 16.8 Å². The van der Waals surface area contributed by atoms with Crippen LogP contribution in [0.3, 0.4) is 0 Å². The summed E-state index contributed by atoms with van der Waals surface area (Å²) < 4.78 is 0. The first-order valence-corrected chi connectivity index (χ1v) is 6.33. The Morgan fingerprint density at radius 3 is 2.41 bits per heavy atom. The summed E-state index contributed by atoms with van der Waals surface area (Å²) in [6.07, 6.45) is 0. The maximum atomic E-state index is 5.91. The van der Waals surface area contributed by atoms with Gasteiger partial charge in [-0.05, 0) is 37.1 Å². The molecule has 2 nitrogen and oxygen atoms in total. The highest BCUT2D eigenvalue weighted by Gasteiger charge is 2.23. The number of hydrogen-bond donors (Lipinski definition) is 1. The molecule has 0 spiro atoms. The zero-order chi connectivity index (χ0) is 13.2. The van der Waals surface area contributed by atoms with E-state index in [1.54, 1.807) is 0 Å². The maximum Gasteiger partial charge on any atom is 0.0635 e. The smallest absolute Gasteiger partial charge is 0.0635 e. The molecule has 17 heavy (non-hydrogen) atoms. The van der Waals surface area contributed by atoms with Crippen molar-refractivity contribution in [3.8, 4) is 0 Å². The first-order valence-electron chi connectivity index (χ1n) is 5.96. The summed E-state index contributed by atoms with van der Waals surface area (Å²) in [6.45, 7) is 9.90. The number of halogens is 1. The molecule has 1 rings (SSSR count). The molecule has 0 heterocycles. The predicted octanol–water partition coefficient (Wildman–Crippen LogP) is 3.79. The quantitative estimate of drug-likeness (QED) is 0.832. The topological polar surface area (TPSA) is 29.3 Å². The Bertz CT molecular complexity index is 382. The van der Waals surface area contributed by atoms with Gasteiger partial charge < -0.3 is 5.73 Å². The van der Waals surface area contributed by atoms with Crippen LogP contribution in [0.15, 0.2) is 18.2 Å². The molecule has 0 aromatic heterocycles. The van der Waals surface area contributed by atoms with Gasteiger partial charge in [0.1, 0.15) is 0 Å². The van der Waals surface area contributed by atoms with Gasteiger partial charge in [-0.15, -0.1) is 0 Å². The molecular weight excluding hydrogens is 232 g/mol. The molecule has 0 fully saturated rings. The molecule has 0 saturated heterocycles. The number of nitrogens with two attached hydrogens (primary N) is 1. The molecule has 0 aliphatic heterocycles. The molecule has 1 aromatic rings. The molecule has 0 saturated carbocycles. The highest BCUT2D eigenvalue weighted by Crippen LogP contribution is 2.25. The Morgan fingerprint density at radius 2 is 1.94 bits per heavy atom. The average molecular weight is 255 g/mol. The van der Waals surface area contributed by atoms with Gasteiger partial charge >= 0.3 is 0 Å². The number of benzene rings is 1. The third-order valence-electron chi connectivity index (χ3n) is 3.41. The van der Waals surface area contributed by atoms with Crippen LogP contribution in [-0.4, -0.2) is 18.0 Å². The molecule has 0 radical (unpaired) electrons. The van der Waals surface area contributed by atoms with Crippen molar-refractivity contribution >= 4 is 17.3 Å². The first-order chi connectivity index (χ1) is 7.71. The van der Waals surface area contributed by atoms with Crippen LogP contribution in [0.2, 0.25) is 5.02 Å². The zero-order valence-electron chi connectivity index (χ0n) is 11.4. The Balaban J connectivity index is 2.74. The lowest BCUT2D eigenvalue weighted by atomic mass is 9.87. The Morgan fingerprint density at radius 1 is 1.35 bits per heavy atom. The van der Waals surface area contributed by atoms with Gasteiger partial charge in [0.05, 0.1) is 10.7 Å². The van der Waals surface area contributed by atoms with Gasteiger partial charge in [-0.1, -0.05) is 38.4 Å². The molecule has 1 aromatic carbocycles. The molecule has 1 atom stereocenters. The Kier molecular flexibility index (Phi) is 4.45. The molecule has 0 aliphatic rings. The van der Waals surface area contributed by atoms with Crippen LogP contribution in [0.4, 0.5) is 5.69 Å². The number of anilines is 1. The van der Waals surface area contributed by atoms with Crippen molar-refractivity contribution in [1.29, 1.82) is 0 Å². The number of rotatable bonds is 3. The fourth-order valence-corrected chi connectivity index (χ4v) is 1.90. The average Bonchev–Trinajstić information content (AvgIpc) is 2.21. The summed E-state index contributed by atoms with van der Waals surface area (Å²) in [7, 11) is 2.14. The lowest BCUT2D eigenvalue weighted by Crippen LogP contribution is -2.38. The van der Waals surface area contributed by atoms with Crippen LogP contribution in [0.1, 0.15) is 33.3 Å². The second-order valence-corrected chi connectivity index (χ2v) is 6.22. The van der Waals surface area contributed by atoms with Crippen molar-refractivity contribution in [1.82, 2.24) is 4.90 Å². The minimum atomic E-state index is 0.271. The summed E-state index contributed by atoms with van der Waals surface area (Å²) in [5.41, 5.74) is 7.93. The van der Waals surface area contributed by atoms with E-state index in [2.05, 4.69) is 39.6 Å². The van der Waals surface area contributed by atoms with Crippen LogP contribution in [-0.2, 0) is 6.54 Å². The van der Waals surface area contributed by atoms with E-state index in [0.717, 1.165) is 6.54 Å². The van der Waals surface area contributed by atoms with Gasteiger partial charge in [0.15, 0.2) is 0 Å². The predicted molar refractivity (Wildman–Crippen MR) is 76.2 cm³/mol. The van der Waals surface area contributed by atoms with Crippen molar-refractivity contribution in [2.75, 3.05) is 12.8 Å². The Hall–Kier alpha value is -0.730. The lowest BCUT2D eigenvalue weighted by Gasteiger charge is -2.35. The van der Waals surface area contributed by atoms with Crippen LogP contribution in [0.5, 0.6) is 0 Å². The third-order valence-corrected chi connectivity index (χ3v) is 3.75. The van der Waals surface area contributed by atoms with E-state index >= 15 is 0 Å². The lowest BCUT2D eigenvalue weighted by molar-refractivity contribution is 0.135. The van der Waals surface area contributed by atoms with Gasteiger partial charge in [-0.25, -0.2) is 0 Å². The number of hydrogen-bond acceptors (Lipinski definition) is 2. The molecule has 2 N–H and O–H groups in total. The van der Waals surface area contributed by atoms with Gasteiger partial charge in [0.2, 0.25) is 0 Å². The van der Waals surface area contributed by atoms with E-state index in [1.165, 1.54) is 5.56 Å². The molecule has 0 bridgehead atoms. The van der Waals surface area contributed by atoms with E-state index < -0.39 is 0 Å². The standard InChI is InChI=1S/C14H23ClN2/c1-10(14(2,3)4)17(5)9-11-6-7-12(15)13(16)8-11/h6-8,10H,9,16H2,1-5H3. The molecule has 0 amide bonds. The maximum absolute atomic E-state index is 5.91. The normalized spacial score (nSPS) is 14.1. The summed E-state index contributed by atoms with van der Waals surface area (Å²) in [5.74, 6) is 0. The summed E-state index contributed by atoms with van der Waals surface area (Å²) in [5, 5.41) is 0.625. The molecule has 3 heteroatoms. The third kappa shape index (κ3) is 3.90. The summed E-state index contributed by atoms with van der Waals surface area (Å²) >= 11 is 5.91. The van der Waals surface area contributed by atoms with Crippen molar-refractivity contribution in [2.24, 2.45) is 5.41 Å². The van der Waals surface area contributed by atoms with Gasteiger partial charge in [-0.2, -0.15) is 0 Å². The Labute approximate surface area is 110 Å².